The zero-order valence-electron chi connectivity index (χ0n) is 13.8. The normalized spacial score (nSPS) is 20.5. The molecular weight excluding hydrogens is 288 g/mol. The van der Waals surface area contributed by atoms with Gasteiger partial charge in [0.1, 0.15) is 11.2 Å². The van der Waals surface area contributed by atoms with E-state index in [0.29, 0.717) is 32.3 Å². The van der Waals surface area contributed by atoms with Crippen LogP contribution in [0.4, 0.5) is 0 Å². The first kappa shape index (κ1) is 17.3. The van der Waals surface area contributed by atoms with E-state index in [9.17, 15) is 9.59 Å². The number of Topliss-reactive ketones (excluding diaryl/α,β-unsaturated/α-hetero) is 1. The summed E-state index contributed by atoms with van der Waals surface area (Å²) in [5.41, 5.74) is 0.0734. The van der Waals surface area contributed by atoms with Gasteiger partial charge in [0.05, 0.1) is 6.61 Å². The van der Waals surface area contributed by atoms with Crippen molar-refractivity contribution in [2.45, 2.75) is 51.9 Å². The van der Waals surface area contributed by atoms with Crippen molar-refractivity contribution in [1.82, 2.24) is 0 Å². The van der Waals surface area contributed by atoms with Crippen LogP contribution in [-0.4, -0.2) is 18.4 Å². The van der Waals surface area contributed by atoms with Crippen LogP contribution in [0.5, 0.6) is 0 Å². The van der Waals surface area contributed by atoms with Crippen LogP contribution in [0.2, 0.25) is 0 Å². The minimum absolute atomic E-state index is 0.0539. The lowest BCUT2D eigenvalue weighted by Crippen LogP contribution is -2.42. The van der Waals surface area contributed by atoms with Crippen molar-refractivity contribution in [1.29, 1.82) is 0 Å². The lowest BCUT2D eigenvalue weighted by molar-refractivity contribution is -0.163. The molecular formula is C20H24O3. The van der Waals surface area contributed by atoms with Crippen LogP contribution in [0.1, 0.15) is 57.4 Å². The minimum Gasteiger partial charge on any atom is -0.465 e. The lowest BCUT2D eigenvalue weighted by atomic mass is 9.70. The average molecular weight is 312 g/mol. The summed E-state index contributed by atoms with van der Waals surface area (Å²) >= 11 is 0. The highest BCUT2D eigenvalue weighted by Crippen LogP contribution is 2.39. The molecule has 0 radical (unpaired) electrons. The number of benzene rings is 1. The number of ether oxygens (including phenoxy) is 1. The molecule has 0 N–H and O–H groups in total. The summed E-state index contributed by atoms with van der Waals surface area (Å²) in [6, 6.07) is 9.82. The van der Waals surface area contributed by atoms with E-state index in [2.05, 4.69) is 11.8 Å². The Hall–Kier alpha value is -2.08. The van der Waals surface area contributed by atoms with Gasteiger partial charge in [-0.2, -0.15) is 0 Å². The number of carbonyl (C=O) groups excluding carboxylic acids is 2. The molecule has 1 aliphatic rings. The SMILES string of the molecule is CCOC(=O)C1(CCCC#Cc2ccccc2)CCCCC1=O. The van der Waals surface area contributed by atoms with E-state index >= 15 is 0 Å². The van der Waals surface area contributed by atoms with Crippen LogP contribution < -0.4 is 0 Å². The van der Waals surface area contributed by atoms with Crippen LogP contribution in [0.25, 0.3) is 0 Å². The smallest absolute Gasteiger partial charge is 0.319 e. The largest absolute Gasteiger partial charge is 0.465 e. The third-order valence-corrected chi connectivity index (χ3v) is 4.37. The monoisotopic (exact) mass is 312 g/mol. The van der Waals surface area contributed by atoms with Gasteiger partial charge < -0.3 is 4.74 Å². The van der Waals surface area contributed by atoms with Gasteiger partial charge >= 0.3 is 5.97 Å². The molecule has 0 bridgehead atoms. The van der Waals surface area contributed by atoms with Crippen molar-refractivity contribution >= 4 is 11.8 Å². The summed E-state index contributed by atoms with van der Waals surface area (Å²) in [5.74, 6) is 5.96. The van der Waals surface area contributed by atoms with E-state index in [0.717, 1.165) is 24.8 Å². The summed E-state index contributed by atoms with van der Waals surface area (Å²) < 4.78 is 5.19. The number of ketones is 1. The maximum Gasteiger partial charge on any atom is 0.319 e. The molecule has 0 amide bonds. The van der Waals surface area contributed by atoms with E-state index in [1.165, 1.54) is 0 Å². The molecule has 1 aliphatic carbocycles. The summed E-state index contributed by atoms with van der Waals surface area (Å²) in [6.07, 6.45) is 4.89. The molecule has 2 rings (SSSR count). The second-order valence-corrected chi connectivity index (χ2v) is 5.95. The quantitative estimate of drug-likeness (QED) is 0.358. The standard InChI is InChI=1S/C20H24O3/c1-2-23-19(22)20(16-10-8-14-18(20)21)15-9-4-7-13-17-11-5-3-6-12-17/h3,5-6,11-12H,2,4,8-10,14-16H2,1H3. The highest BCUT2D eigenvalue weighted by Gasteiger charge is 2.47. The third kappa shape index (κ3) is 4.45. The minimum atomic E-state index is -0.914. The van der Waals surface area contributed by atoms with Gasteiger partial charge in [-0.15, -0.1) is 0 Å². The summed E-state index contributed by atoms with van der Waals surface area (Å²) in [6.45, 7) is 2.10. The first-order valence-corrected chi connectivity index (χ1v) is 8.43. The highest BCUT2D eigenvalue weighted by atomic mass is 16.5. The molecule has 3 heteroatoms. The van der Waals surface area contributed by atoms with Gasteiger partial charge in [-0.25, -0.2) is 0 Å². The zero-order chi connectivity index (χ0) is 16.5. The Kier molecular flexibility index (Phi) is 6.40. The van der Waals surface area contributed by atoms with E-state index < -0.39 is 5.41 Å². The summed E-state index contributed by atoms with van der Waals surface area (Å²) in [5, 5.41) is 0. The number of carbonyl (C=O) groups is 2. The molecule has 0 aromatic heterocycles. The van der Waals surface area contributed by atoms with Gasteiger partial charge in [-0.3, -0.25) is 9.59 Å². The van der Waals surface area contributed by atoms with E-state index in [1.807, 2.05) is 30.3 Å². The molecule has 0 spiro atoms. The van der Waals surface area contributed by atoms with Crippen LogP contribution in [0.15, 0.2) is 30.3 Å². The predicted molar refractivity (Wildman–Crippen MR) is 89.7 cm³/mol. The fourth-order valence-corrected chi connectivity index (χ4v) is 3.11. The van der Waals surface area contributed by atoms with Crippen molar-refractivity contribution in [2.24, 2.45) is 5.41 Å². The Bertz CT molecular complexity index is 594. The fraction of sp³-hybridized carbons (Fsp3) is 0.500. The van der Waals surface area contributed by atoms with Crippen molar-refractivity contribution in [3.8, 4) is 11.8 Å². The van der Waals surface area contributed by atoms with Crippen LogP contribution in [-0.2, 0) is 14.3 Å². The molecule has 0 saturated heterocycles. The molecule has 3 nitrogen and oxygen atoms in total. The van der Waals surface area contributed by atoms with E-state index in [1.54, 1.807) is 6.92 Å². The van der Waals surface area contributed by atoms with Crippen molar-refractivity contribution in [3.63, 3.8) is 0 Å². The first-order chi connectivity index (χ1) is 11.2. The Labute approximate surface area is 138 Å². The topological polar surface area (TPSA) is 43.4 Å². The fourth-order valence-electron chi connectivity index (χ4n) is 3.11. The number of unbranched alkanes of at least 4 members (excludes halogenated alkanes) is 1. The molecule has 1 aromatic rings. The molecule has 1 saturated carbocycles. The Morgan fingerprint density at radius 3 is 2.74 bits per heavy atom. The molecule has 1 fully saturated rings. The van der Waals surface area contributed by atoms with Gasteiger partial charge in [-0.1, -0.05) is 36.5 Å². The Morgan fingerprint density at radius 2 is 2.04 bits per heavy atom. The molecule has 0 aliphatic heterocycles. The summed E-state index contributed by atoms with van der Waals surface area (Å²) in [4.78, 5) is 24.7. The Morgan fingerprint density at radius 1 is 1.26 bits per heavy atom. The maximum atomic E-state index is 12.4. The van der Waals surface area contributed by atoms with Crippen molar-refractivity contribution in [2.75, 3.05) is 6.61 Å². The number of rotatable bonds is 5. The third-order valence-electron chi connectivity index (χ3n) is 4.37. The van der Waals surface area contributed by atoms with Gasteiger partial charge in [0.25, 0.3) is 0 Å². The first-order valence-electron chi connectivity index (χ1n) is 8.43. The molecule has 1 atom stereocenters. The van der Waals surface area contributed by atoms with Crippen LogP contribution in [0, 0.1) is 17.3 Å². The zero-order valence-corrected chi connectivity index (χ0v) is 13.8. The van der Waals surface area contributed by atoms with Crippen molar-refractivity contribution in [3.05, 3.63) is 35.9 Å². The average Bonchev–Trinajstić information content (AvgIpc) is 2.57. The van der Waals surface area contributed by atoms with Gasteiger partial charge in [0, 0.05) is 18.4 Å². The summed E-state index contributed by atoms with van der Waals surface area (Å²) in [7, 11) is 0. The van der Waals surface area contributed by atoms with Gasteiger partial charge in [-0.05, 0) is 44.7 Å². The molecule has 1 unspecified atom stereocenters. The van der Waals surface area contributed by atoms with Gasteiger partial charge in [0.15, 0.2) is 0 Å². The number of hydrogen-bond donors (Lipinski definition) is 0. The maximum absolute atomic E-state index is 12.4. The molecule has 122 valence electrons. The molecule has 0 heterocycles. The highest BCUT2D eigenvalue weighted by molar-refractivity contribution is 6.04. The molecule has 23 heavy (non-hydrogen) atoms. The number of hydrogen-bond acceptors (Lipinski definition) is 3. The second kappa shape index (κ2) is 8.53. The molecule has 1 aromatic carbocycles. The van der Waals surface area contributed by atoms with E-state index in [-0.39, 0.29) is 11.8 Å². The van der Waals surface area contributed by atoms with Crippen LogP contribution >= 0.6 is 0 Å². The predicted octanol–water partition coefficient (Wildman–Crippen LogP) is 3.90. The van der Waals surface area contributed by atoms with E-state index in [4.69, 9.17) is 4.74 Å². The van der Waals surface area contributed by atoms with Crippen molar-refractivity contribution < 1.29 is 14.3 Å². The van der Waals surface area contributed by atoms with Crippen LogP contribution in [0.3, 0.4) is 0 Å². The second-order valence-electron chi connectivity index (χ2n) is 5.95. The van der Waals surface area contributed by atoms with Gasteiger partial charge in [0.2, 0.25) is 0 Å². The Balaban J connectivity index is 1.95. The number of esters is 1. The lowest BCUT2D eigenvalue weighted by Gasteiger charge is -2.33.